The van der Waals surface area contributed by atoms with Gasteiger partial charge < -0.3 is 10.4 Å². The molecule has 0 spiro atoms. The molecular formula is C19H17ClN4O. The summed E-state index contributed by atoms with van der Waals surface area (Å²) in [6.45, 7) is 2.29. The average molecular weight is 353 g/mol. The summed E-state index contributed by atoms with van der Waals surface area (Å²) >= 11 is 5.90. The number of hydrogen-bond acceptors (Lipinski definition) is 4. The molecule has 0 bridgehead atoms. The molecule has 126 valence electrons. The van der Waals surface area contributed by atoms with Crippen LogP contribution in [0.1, 0.15) is 17.4 Å². The van der Waals surface area contributed by atoms with Gasteiger partial charge >= 0.3 is 0 Å². The van der Waals surface area contributed by atoms with Gasteiger partial charge in [0, 0.05) is 23.0 Å². The number of nitrogens with one attached hydrogen (secondary N) is 1. The maximum absolute atomic E-state index is 10.4. The Morgan fingerprint density at radius 2 is 1.92 bits per heavy atom. The van der Waals surface area contributed by atoms with Crippen molar-refractivity contribution in [1.82, 2.24) is 14.6 Å². The molecule has 6 heteroatoms. The number of hydrogen-bond donors (Lipinski definition) is 2. The second kappa shape index (κ2) is 6.35. The van der Waals surface area contributed by atoms with Crippen molar-refractivity contribution >= 4 is 34.0 Å². The molecule has 0 amide bonds. The minimum absolute atomic E-state index is 0.349. The van der Waals surface area contributed by atoms with Crippen molar-refractivity contribution in [3.8, 4) is 0 Å². The zero-order valence-corrected chi connectivity index (χ0v) is 14.4. The minimum atomic E-state index is -0.652. The van der Waals surface area contributed by atoms with E-state index in [1.54, 1.807) is 12.1 Å². The first-order valence-corrected chi connectivity index (χ1v) is 8.42. The predicted octanol–water partition coefficient (Wildman–Crippen LogP) is 3.99. The lowest BCUT2D eigenvalue weighted by Crippen LogP contribution is -2.13. The number of aliphatic hydroxyl groups is 1. The number of para-hydroxylation sites is 1. The van der Waals surface area contributed by atoms with Crippen molar-refractivity contribution in [3.63, 3.8) is 0 Å². The Morgan fingerprint density at radius 1 is 1.16 bits per heavy atom. The van der Waals surface area contributed by atoms with Crippen molar-refractivity contribution in [2.75, 3.05) is 11.9 Å². The highest BCUT2D eigenvalue weighted by molar-refractivity contribution is 6.30. The number of halogens is 1. The van der Waals surface area contributed by atoms with Crippen LogP contribution in [0.15, 0.2) is 54.6 Å². The first-order chi connectivity index (χ1) is 12.1. The summed E-state index contributed by atoms with van der Waals surface area (Å²) in [5.41, 5.74) is 3.47. The quantitative estimate of drug-likeness (QED) is 0.583. The van der Waals surface area contributed by atoms with Crippen LogP contribution in [-0.2, 0) is 0 Å². The molecule has 0 aliphatic heterocycles. The summed E-state index contributed by atoms with van der Waals surface area (Å²) in [5, 5.41) is 19.8. The second-order valence-electron chi connectivity index (χ2n) is 5.98. The number of aryl methyl sites for hydroxylation is 1. The maximum atomic E-state index is 10.4. The van der Waals surface area contributed by atoms with Gasteiger partial charge in [-0.25, -0.2) is 9.50 Å². The molecule has 0 saturated heterocycles. The molecule has 0 aliphatic rings. The molecule has 0 saturated carbocycles. The van der Waals surface area contributed by atoms with Gasteiger partial charge in [0.05, 0.1) is 17.3 Å². The molecule has 1 atom stereocenters. The van der Waals surface area contributed by atoms with Gasteiger partial charge in [0.15, 0.2) is 5.65 Å². The summed E-state index contributed by atoms with van der Waals surface area (Å²) in [7, 11) is 0. The van der Waals surface area contributed by atoms with Crippen LogP contribution in [0.3, 0.4) is 0 Å². The first kappa shape index (κ1) is 15.9. The largest absolute Gasteiger partial charge is 0.387 e. The van der Waals surface area contributed by atoms with Gasteiger partial charge in [-0.15, -0.1) is 0 Å². The van der Waals surface area contributed by atoms with Crippen LogP contribution >= 0.6 is 11.6 Å². The third kappa shape index (κ3) is 3.04. The SMILES string of the molecule is Cc1cc2nc(NC[C@@H](O)c3ccc(Cl)cc3)c3ccccc3n2n1. The molecule has 0 fully saturated rings. The fourth-order valence-electron chi connectivity index (χ4n) is 2.91. The van der Waals surface area contributed by atoms with Crippen molar-refractivity contribution in [2.45, 2.75) is 13.0 Å². The molecule has 2 aromatic carbocycles. The van der Waals surface area contributed by atoms with Gasteiger partial charge in [-0.1, -0.05) is 35.9 Å². The molecule has 4 rings (SSSR count). The molecule has 0 aliphatic carbocycles. The Labute approximate surface area is 149 Å². The van der Waals surface area contributed by atoms with E-state index >= 15 is 0 Å². The molecule has 0 unspecified atom stereocenters. The number of benzene rings is 2. The van der Waals surface area contributed by atoms with E-state index in [1.807, 2.05) is 53.9 Å². The van der Waals surface area contributed by atoms with E-state index in [0.717, 1.165) is 33.6 Å². The van der Waals surface area contributed by atoms with Crippen LogP contribution in [0.4, 0.5) is 5.82 Å². The van der Waals surface area contributed by atoms with Gasteiger partial charge in [0.25, 0.3) is 0 Å². The van der Waals surface area contributed by atoms with E-state index < -0.39 is 6.10 Å². The van der Waals surface area contributed by atoms with E-state index in [4.69, 9.17) is 11.6 Å². The molecule has 5 nitrogen and oxygen atoms in total. The molecule has 0 radical (unpaired) electrons. The van der Waals surface area contributed by atoms with Crippen LogP contribution < -0.4 is 5.32 Å². The number of anilines is 1. The maximum Gasteiger partial charge on any atom is 0.158 e. The molecule has 2 aromatic heterocycles. The smallest absolute Gasteiger partial charge is 0.158 e. The number of nitrogens with zero attached hydrogens (tertiary/aromatic N) is 3. The average Bonchev–Trinajstić information content (AvgIpc) is 3.00. The summed E-state index contributed by atoms with van der Waals surface area (Å²) in [6, 6.07) is 17.1. The van der Waals surface area contributed by atoms with Crippen LogP contribution in [-0.4, -0.2) is 26.2 Å². The Balaban J connectivity index is 1.67. The molecule has 2 N–H and O–H groups in total. The highest BCUT2D eigenvalue weighted by Crippen LogP contribution is 2.24. The van der Waals surface area contributed by atoms with Crippen LogP contribution in [0.25, 0.3) is 16.6 Å². The Morgan fingerprint density at radius 3 is 2.72 bits per heavy atom. The number of aliphatic hydroxyl groups excluding tert-OH is 1. The lowest BCUT2D eigenvalue weighted by atomic mass is 10.1. The number of rotatable bonds is 4. The molecule has 25 heavy (non-hydrogen) atoms. The molecular weight excluding hydrogens is 336 g/mol. The van der Waals surface area contributed by atoms with Gasteiger partial charge in [-0.2, -0.15) is 5.10 Å². The van der Waals surface area contributed by atoms with Crippen molar-refractivity contribution in [2.24, 2.45) is 0 Å². The van der Waals surface area contributed by atoms with E-state index in [2.05, 4.69) is 15.4 Å². The third-order valence-corrected chi connectivity index (χ3v) is 4.40. The topological polar surface area (TPSA) is 62.5 Å². The van der Waals surface area contributed by atoms with E-state index in [0.29, 0.717) is 11.6 Å². The van der Waals surface area contributed by atoms with E-state index in [-0.39, 0.29) is 0 Å². The van der Waals surface area contributed by atoms with E-state index in [1.165, 1.54) is 0 Å². The lowest BCUT2D eigenvalue weighted by molar-refractivity contribution is 0.191. The summed E-state index contributed by atoms with van der Waals surface area (Å²) in [4.78, 5) is 4.66. The third-order valence-electron chi connectivity index (χ3n) is 4.14. The van der Waals surface area contributed by atoms with Gasteiger partial charge in [0.1, 0.15) is 5.82 Å². The molecule has 4 aromatic rings. The van der Waals surface area contributed by atoms with Gasteiger partial charge in [-0.05, 0) is 36.8 Å². The zero-order valence-electron chi connectivity index (χ0n) is 13.6. The monoisotopic (exact) mass is 352 g/mol. The summed E-state index contributed by atoms with van der Waals surface area (Å²) in [5.74, 6) is 0.732. The Hall–Kier alpha value is -2.63. The van der Waals surface area contributed by atoms with E-state index in [9.17, 15) is 5.11 Å². The Bertz CT molecular complexity index is 1040. The number of fused-ring (bicyclic) bond motifs is 3. The molecule has 2 heterocycles. The first-order valence-electron chi connectivity index (χ1n) is 8.04. The van der Waals surface area contributed by atoms with Crippen molar-refractivity contribution in [1.29, 1.82) is 0 Å². The highest BCUT2D eigenvalue weighted by Gasteiger charge is 2.12. The zero-order chi connectivity index (χ0) is 17.4. The van der Waals surface area contributed by atoms with Crippen LogP contribution in [0.5, 0.6) is 0 Å². The fourth-order valence-corrected chi connectivity index (χ4v) is 3.03. The fraction of sp³-hybridized carbons (Fsp3) is 0.158. The number of aromatic nitrogens is 3. The second-order valence-corrected chi connectivity index (χ2v) is 6.42. The standard InChI is InChI=1S/C19H17ClN4O/c1-12-10-18-22-19(15-4-2-3-5-16(15)24(18)23-12)21-11-17(25)13-6-8-14(20)9-7-13/h2-10,17,25H,11H2,1H3,(H,21,22)/t17-/m1/s1. The Kier molecular flexibility index (Phi) is 4.03. The van der Waals surface area contributed by atoms with Crippen LogP contribution in [0, 0.1) is 6.92 Å². The normalized spacial score (nSPS) is 12.6. The lowest BCUT2D eigenvalue weighted by Gasteiger charge is -2.14. The highest BCUT2D eigenvalue weighted by atomic mass is 35.5. The summed E-state index contributed by atoms with van der Waals surface area (Å²) < 4.78 is 1.84. The van der Waals surface area contributed by atoms with Crippen molar-refractivity contribution in [3.05, 3.63) is 70.9 Å². The van der Waals surface area contributed by atoms with Gasteiger partial charge in [-0.3, -0.25) is 0 Å². The summed E-state index contributed by atoms with van der Waals surface area (Å²) in [6.07, 6.45) is -0.652. The predicted molar refractivity (Wildman–Crippen MR) is 100 cm³/mol. The van der Waals surface area contributed by atoms with Gasteiger partial charge in [0.2, 0.25) is 0 Å². The minimum Gasteiger partial charge on any atom is -0.387 e. The van der Waals surface area contributed by atoms with Crippen LogP contribution in [0.2, 0.25) is 5.02 Å². The van der Waals surface area contributed by atoms with Crippen molar-refractivity contribution < 1.29 is 5.11 Å².